The number of hydrogen-bond donors (Lipinski definition) is 1. The van der Waals surface area contributed by atoms with Crippen molar-refractivity contribution in [3.8, 4) is 0 Å². The van der Waals surface area contributed by atoms with Crippen LogP contribution >= 0.6 is 11.6 Å². The number of aromatic nitrogens is 1. The van der Waals surface area contributed by atoms with Crippen LogP contribution in [-0.4, -0.2) is 29.4 Å². The molecule has 1 aliphatic rings. The normalized spacial score (nSPS) is 14.0. The van der Waals surface area contributed by atoms with Gasteiger partial charge in [-0.2, -0.15) is 0 Å². The molecule has 6 heteroatoms. The Morgan fingerprint density at radius 1 is 1.38 bits per heavy atom. The molecule has 0 unspecified atom stereocenters. The van der Waals surface area contributed by atoms with Gasteiger partial charge in [0.2, 0.25) is 0 Å². The fourth-order valence-electron chi connectivity index (χ4n) is 2.40. The van der Waals surface area contributed by atoms with Crippen molar-refractivity contribution in [2.75, 3.05) is 18.9 Å². The average Bonchev–Trinajstić information content (AvgIpc) is 2.47. The van der Waals surface area contributed by atoms with Crippen LogP contribution in [0.2, 0.25) is 5.15 Å². The highest BCUT2D eigenvalue weighted by atomic mass is 35.5. The molecule has 1 aromatic heterocycles. The zero-order chi connectivity index (χ0) is 15.0. The lowest BCUT2D eigenvalue weighted by Gasteiger charge is -2.26. The van der Waals surface area contributed by atoms with Crippen molar-refractivity contribution in [1.29, 1.82) is 0 Å². The number of benzene rings is 1. The Kier molecular flexibility index (Phi) is 3.51. The van der Waals surface area contributed by atoms with Gasteiger partial charge in [0.25, 0.3) is 5.91 Å². The summed E-state index contributed by atoms with van der Waals surface area (Å²) in [6, 6.07) is 6.92. The highest BCUT2D eigenvalue weighted by Crippen LogP contribution is 2.29. The number of anilines is 2. The highest BCUT2D eigenvalue weighted by Gasteiger charge is 2.24. The van der Waals surface area contributed by atoms with E-state index >= 15 is 0 Å². The summed E-state index contributed by atoms with van der Waals surface area (Å²) in [6.45, 7) is 0.685. The maximum atomic E-state index is 13.8. The maximum absolute atomic E-state index is 13.8. The van der Waals surface area contributed by atoms with E-state index in [0.717, 1.165) is 18.2 Å². The number of nitrogens with zero attached hydrogens (tertiary/aromatic N) is 2. The van der Waals surface area contributed by atoms with E-state index in [2.05, 4.69) is 10.3 Å². The first-order valence-electron chi connectivity index (χ1n) is 6.51. The lowest BCUT2D eigenvalue weighted by atomic mass is 9.97. The van der Waals surface area contributed by atoms with Crippen LogP contribution in [0.1, 0.15) is 15.9 Å². The molecule has 0 saturated carbocycles. The molecule has 0 bridgehead atoms. The smallest absolute Gasteiger partial charge is 0.255 e. The molecule has 0 fully saturated rings. The first kappa shape index (κ1) is 13.8. The Hall–Kier alpha value is -2.14. The van der Waals surface area contributed by atoms with E-state index < -0.39 is 5.82 Å². The molecule has 4 nitrogen and oxygen atoms in total. The molecule has 1 aromatic carbocycles. The summed E-state index contributed by atoms with van der Waals surface area (Å²) in [6.07, 6.45) is 1.83. The van der Waals surface area contributed by atoms with Crippen molar-refractivity contribution < 1.29 is 9.18 Å². The molecule has 0 spiro atoms. The molecule has 0 atom stereocenters. The van der Waals surface area contributed by atoms with Crippen LogP contribution in [0.25, 0.3) is 0 Å². The number of pyridine rings is 1. The summed E-state index contributed by atoms with van der Waals surface area (Å²) in [4.78, 5) is 17.7. The number of nitrogens with one attached hydrogen (secondary N) is 1. The molecular formula is C15H13ClFN3O. The molecule has 0 aliphatic carbocycles. The number of amides is 1. The number of rotatable bonds is 2. The topological polar surface area (TPSA) is 45.2 Å². The summed E-state index contributed by atoms with van der Waals surface area (Å²) >= 11 is 5.79. The van der Waals surface area contributed by atoms with Crippen LogP contribution in [0, 0.1) is 5.82 Å². The predicted octanol–water partition coefficient (Wildman–Crippen LogP) is 3.25. The van der Waals surface area contributed by atoms with Crippen LogP contribution in [0.3, 0.4) is 0 Å². The Morgan fingerprint density at radius 2 is 2.19 bits per heavy atom. The van der Waals surface area contributed by atoms with Gasteiger partial charge in [-0.15, -0.1) is 0 Å². The van der Waals surface area contributed by atoms with E-state index in [1.54, 1.807) is 18.0 Å². The monoisotopic (exact) mass is 305 g/mol. The molecule has 1 aliphatic heterocycles. The summed E-state index contributed by atoms with van der Waals surface area (Å²) < 4.78 is 13.8. The fourth-order valence-corrected chi connectivity index (χ4v) is 2.56. The van der Waals surface area contributed by atoms with E-state index in [1.165, 1.54) is 6.07 Å². The molecule has 1 N–H and O–H groups in total. The van der Waals surface area contributed by atoms with Crippen molar-refractivity contribution in [3.63, 3.8) is 0 Å². The van der Waals surface area contributed by atoms with Crippen LogP contribution < -0.4 is 5.32 Å². The Labute approximate surface area is 126 Å². The third-order valence-corrected chi connectivity index (χ3v) is 3.73. The molecular weight excluding hydrogens is 293 g/mol. The molecule has 2 heterocycles. The maximum Gasteiger partial charge on any atom is 0.255 e. The summed E-state index contributed by atoms with van der Waals surface area (Å²) in [7, 11) is 1.76. The number of fused-ring (bicyclic) bond motifs is 1. The number of hydrogen-bond acceptors (Lipinski definition) is 3. The van der Waals surface area contributed by atoms with Gasteiger partial charge in [0.05, 0.1) is 23.1 Å². The van der Waals surface area contributed by atoms with Crippen molar-refractivity contribution in [2.24, 2.45) is 0 Å². The van der Waals surface area contributed by atoms with Crippen LogP contribution in [0.4, 0.5) is 15.8 Å². The van der Waals surface area contributed by atoms with Crippen molar-refractivity contribution in [1.82, 2.24) is 9.88 Å². The van der Waals surface area contributed by atoms with Crippen LogP contribution in [0.5, 0.6) is 0 Å². The van der Waals surface area contributed by atoms with Crippen molar-refractivity contribution in [2.45, 2.75) is 6.42 Å². The van der Waals surface area contributed by atoms with Gasteiger partial charge >= 0.3 is 0 Å². The molecule has 108 valence electrons. The number of carbonyl (C=O) groups is 1. The van der Waals surface area contributed by atoms with Crippen molar-refractivity contribution in [3.05, 3.63) is 52.6 Å². The largest absolute Gasteiger partial charge is 0.352 e. The zero-order valence-electron chi connectivity index (χ0n) is 11.4. The second-order valence-electron chi connectivity index (χ2n) is 4.93. The van der Waals surface area contributed by atoms with Gasteiger partial charge in [-0.3, -0.25) is 4.79 Å². The predicted molar refractivity (Wildman–Crippen MR) is 79.6 cm³/mol. The van der Waals surface area contributed by atoms with Gasteiger partial charge in [0.15, 0.2) is 5.82 Å². The third kappa shape index (κ3) is 2.56. The third-order valence-electron chi connectivity index (χ3n) is 3.52. The lowest BCUT2D eigenvalue weighted by molar-refractivity contribution is 0.0782. The van der Waals surface area contributed by atoms with Gasteiger partial charge in [-0.25, -0.2) is 9.37 Å². The highest BCUT2D eigenvalue weighted by molar-refractivity contribution is 6.29. The second-order valence-corrected chi connectivity index (χ2v) is 5.32. The van der Waals surface area contributed by atoms with Gasteiger partial charge < -0.3 is 10.2 Å². The quantitative estimate of drug-likeness (QED) is 0.866. The first-order chi connectivity index (χ1) is 10.1. The van der Waals surface area contributed by atoms with Gasteiger partial charge in [-0.05, 0) is 18.1 Å². The minimum atomic E-state index is -0.520. The molecule has 2 aromatic rings. The first-order valence-corrected chi connectivity index (χ1v) is 6.89. The van der Waals surface area contributed by atoms with Crippen LogP contribution in [-0.2, 0) is 6.42 Å². The molecule has 0 radical (unpaired) electrons. The number of carbonyl (C=O) groups excluding carboxylic acids is 1. The molecule has 1 amide bonds. The fraction of sp³-hybridized carbons (Fsp3) is 0.200. The SMILES string of the molecule is CN1CCc2cccc(Nc3cc(Cl)ncc3F)c2C1=O. The average molecular weight is 306 g/mol. The Bertz CT molecular complexity index is 720. The number of likely N-dealkylation sites (N-methyl/N-ethyl adjacent to an activating group) is 1. The Morgan fingerprint density at radius 3 is 3.00 bits per heavy atom. The minimum Gasteiger partial charge on any atom is -0.352 e. The van der Waals surface area contributed by atoms with Crippen molar-refractivity contribution >= 4 is 28.9 Å². The summed E-state index contributed by atoms with van der Waals surface area (Å²) in [5, 5.41) is 3.13. The summed E-state index contributed by atoms with van der Waals surface area (Å²) in [5.74, 6) is -0.589. The molecule has 21 heavy (non-hydrogen) atoms. The Balaban J connectivity index is 2.04. The standard InChI is InChI=1S/C15H13ClFN3O/c1-20-6-5-9-3-2-4-11(14(9)15(20)21)19-12-7-13(16)18-8-10(12)17/h2-4,7-8H,5-6H2,1H3,(H,18,19). The second kappa shape index (κ2) is 5.33. The molecule has 0 saturated heterocycles. The van der Waals surface area contributed by atoms with E-state index in [1.807, 2.05) is 12.1 Å². The van der Waals surface area contributed by atoms with E-state index in [-0.39, 0.29) is 16.7 Å². The van der Waals surface area contributed by atoms with Crippen LogP contribution in [0.15, 0.2) is 30.5 Å². The van der Waals surface area contributed by atoms with E-state index in [4.69, 9.17) is 11.6 Å². The summed E-state index contributed by atoms with van der Waals surface area (Å²) in [5.41, 5.74) is 2.32. The lowest BCUT2D eigenvalue weighted by Crippen LogP contribution is -2.34. The number of halogens is 2. The van der Waals surface area contributed by atoms with Gasteiger partial charge in [-0.1, -0.05) is 23.7 Å². The molecule has 3 rings (SSSR count). The zero-order valence-corrected chi connectivity index (χ0v) is 12.1. The van der Waals surface area contributed by atoms with E-state index in [0.29, 0.717) is 17.8 Å². The minimum absolute atomic E-state index is 0.0695. The van der Waals surface area contributed by atoms with Gasteiger partial charge in [0.1, 0.15) is 5.15 Å². The van der Waals surface area contributed by atoms with E-state index in [9.17, 15) is 9.18 Å². The van der Waals surface area contributed by atoms with Gasteiger partial charge in [0, 0.05) is 19.7 Å².